The largest absolute Gasteiger partial charge is 0.283 e. The maximum atomic E-state index is 13.7. The number of carbonyl (C=O) groups is 1. The Bertz CT molecular complexity index is 839. The van der Waals surface area contributed by atoms with Gasteiger partial charge in [-0.15, -0.1) is 0 Å². The molecule has 2 atom stereocenters. The molecule has 120 valence electrons. The predicted octanol–water partition coefficient (Wildman–Crippen LogP) is 1.36. The van der Waals surface area contributed by atoms with Crippen LogP contribution in [0.3, 0.4) is 0 Å². The highest BCUT2D eigenvalue weighted by Crippen LogP contribution is 2.49. The first-order chi connectivity index (χ1) is 10.9. The highest BCUT2D eigenvalue weighted by Gasteiger charge is 2.47. The molecule has 9 heteroatoms. The molecule has 0 bridgehead atoms. The summed E-state index contributed by atoms with van der Waals surface area (Å²) in [7, 11) is -4.15. The number of benzene rings is 1. The maximum absolute atomic E-state index is 13.7. The van der Waals surface area contributed by atoms with Gasteiger partial charge in [-0.05, 0) is 18.6 Å². The summed E-state index contributed by atoms with van der Waals surface area (Å²) in [6.07, 6.45) is 3.64. The molecular weight excluding hydrogens is 328 g/mol. The fourth-order valence-corrected chi connectivity index (χ4v) is 3.27. The summed E-state index contributed by atoms with van der Waals surface area (Å²) < 4.78 is 53.1. The topological polar surface area (TPSA) is 89.0 Å². The van der Waals surface area contributed by atoms with Crippen LogP contribution < -0.4 is 4.72 Å². The highest BCUT2D eigenvalue weighted by molar-refractivity contribution is 7.90. The number of hydrogen-bond acceptors (Lipinski definition) is 5. The monoisotopic (exact) mass is 339 g/mol. The minimum atomic E-state index is -4.15. The second-order valence-electron chi connectivity index (χ2n) is 5.10. The lowest BCUT2D eigenvalue weighted by molar-refractivity contribution is -0.120. The van der Waals surface area contributed by atoms with Crippen molar-refractivity contribution >= 4 is 15.9 Å². The van der Waals surface area contributed by atoms with Crippen LogP contribution in [-0.2, 0) is 14.8 Å². The fourth-order valence-electron chi connectivity index (χ4n) is 2.35. The number of hydrogen-bond donors (Lipinski definition) is 1. The van der Waals surface area contributed by atoms with E-state index in [0.29, 0.717) is 0 Å². The quantitative estimate of drug-likeness (QED) is 0.909. The van der Waals surface area contributed by atoms with Crippen LogP contribution in [0.5, 0.6) is 0 Å². The molecule has 1 fully saturated rings. The summed E-state index contributed by atoms with van der Waals surface area (Å²) in [5, 5.41) is -0.400. The number of nitrogens with zero attached hydrogens (tertiary/aromatic N) is 2. The van der Waals surface area contributed by atoms with Gasteiger partial charge in [0.15, 0.2) is 5.03 Å². The third kappa shape index (κ3) is 3.04. The van der Waals surface area contributed by atoms with E-state index in [4.69, 9.17) is 0 Å². The van der Waals surface area contributed by atoms with E-state index >= 15 is 0 Å². The van der Waals surface area contributed by atoms with Gasteiger partial charge in [0.1, 0.15) is 11.6 Å². The Morgan fingerprint density at radius 3 is 2.52 bits per heavy atom. The van der Waals surface area contributed by atoms with E-state index in [9.17, 15) is 22.0 Å². The van der Waals surface area contributed by atoms with Crippen LogP contribution >= 0.6 is 0 Å². The van der Waals surface area contributed by atoms with Gasteiger partial charge in [-0.1, -0.05) is 6.07 Å². The Kier molecular flexibility index (Phi) is 3.80. The number of halogens is 2. The zero-order valence-electron chi connectivity index (χ0n) is 11.6. The lowest BCUT2D eigenvalue weighted by Crippen LogP contribution is -2.32. The van der Waals surface area contributed by atoms with E-state index in [0.717, 1.165) is 18.3 Å². The van der Waals surface area contributed by atoms with Crippen LogP contribution in [0.1, 0.15) is 17.9 Å². The molecule has 0 unspecified atom stereocenters. The molecule has 0 spiro atoms. The van der Waals surface area contributed by atoms with Crippen LogP contribution in [0.25, 0.3) is 0 Å². The van der Waals surface area contributed by atoms with Gasteiger partial charge in [-0.3, -0.25) is 9.78 Å². The van der Waals surface area contributed by atoms with E-state index in [2.05, 4.69) is 9.97 Å². The Morgan fingerprint density at radius 2 is 1.91 bits per heavy atom. The van der Waals surface area contributed by atoms with Crippen molar-refractivity contribution in [2.24, 2.45) is 5.92 Å². The maximum Gasteiger partial charge on any atom is 0.283 e. The Labute approximate surface area is 130 Å². The van der Waals surface area contributed by atoms with Gasteiger partial charge in [0.2, 0.25) is 5.91 Å². The van der Waals surface area contributed by atoms with E-state index < -0.39 is 44.4 Å². The zero-order valence-corrected chi connectivity index (χ0v) is 12.4. The van der Waals surface area contributed by atoms with Gasteiger partial charge in [0.05, 0.1) is 6.20 Å². The van der Waals surface area contributed by atoms with Crippen molar-refractivity contribution in [2.75, 3.05) is 0 Å². The van der Waals surface area contributed by atoms with E-state index in [-0.39, 0.29) is 12.0 Å². The van der Waals surface area contributed by atoms with E-state index in [1.165, 1.54) is 18.5 Å². The second-order valence-corrected chi connectivity index (χ2v) is 6.73. The van der Waals surface area contributed by atoms with Crippen LogP contribution in [0, 0.1) is 17.6 Å². The molecule has 1 heterocycles. The number of sulfonamides is 1. The Morgan fingerprint density at radius 1 is 1.22 bits per heavy atom. The van der Waals surface area contributed by atoms with Crippen molar-refractivity contribution in [1.29, 1.82) is 0 Å². The SMILES string of the molecule is O=C(NS(=O)(=O)c1cnccn1)[C@@H]1C[C@H]1c1c(F)cccc1F. The molecule has 1 N–H and O–H groups in total. The minimum absolute atomic E-state index is 0.180. The average Bonchev–Trinajstić information content (AvgIpc) is 3.28. The van der Waals surface area contributed by atoms with Gasteiger partial charge in [-0.2, -0.15) is 8.42 Å². The first-order valence-electron chi connectivity index (χ1n) is 6.67. The second kappa shape index (κ2) is 5.65. The molecule has 6 nitrogen and oxygen atoms in total. The molecule has 3 rings (SSSR count). The minimum Gasteiger partial charge on any atom is -0.274 e. The van der Waals surface area contributed by atoms with Crippen molar-refractivity contribution in [3.05, 3.63) is 54.0 Å². The Hall–Kier alpha value is -2.42. The highest BCUT2D eigenvalue weighted by atomic mass is 32.2. The molecule has 1 aliphatic rings. The zero-order chi connectivity index (χ0) is 16.6. The standard InChI is InChI=1S/C14H11F2N3O3S/c15-10-2-1-3-11(16)13(10)8-6-9(8)14(20)19-23(21,22)12-7-17-4-5-18-12/h1-5,7-9H,6H2,(H,19,20)/t8-,9-/m1/s1. The van der Waals surface area contributed by atoms with Crippen LogP contribution in [-0.4, -0.2) is 24.3 Å². The van der Waals surface area contributed by atoms with Crippen LogP contribution in [0.15, 0.2) is 41.8 Å². The van der Waals surface area contributed by atoms with Crippen molar-refractivity contribution in [2.45, 2.75) is 17.4 Å². The van der Waals surface area contributed by atoms with Crippen molar-refractivity contribution in [1.82, 2.24) is 14.7 Å². The number of rotatable bonds is 4. The third-order valence-corrected chi connectivity index (χ3v) is 4.78. The fraction of sp³-hybridized carbons (Fsp3) is 0.214. The lowest BCUT2D eigenvalue weighted by atomic mass is 10.1. The van der Waals surface area contributed by atoms with Gasteiger partial charge >= 0.3 is 0 Å². The number of carbonyl (C=O) groups excluding carboxylic acids is 1. The summed E-state index contributed by atoms with van der Waals surface area (Å²) in [5.41, 5.74) is -0.190. The summed E-state index contributed by atoms with van der Waals surface area (Å²) in [6.45, 7) is 0. The normalized spacial score (nSPS) is 20.1. The molecule has 0 aliphatic heterocycles. The average molecular weight is 339 g/mol. The molecule has 2 aromatic rings. The molecular formula is C14H11F2N3O3S. The third-order valence-electron chi connectivity index (χ3n) is 3.55. The van der Waals surface area contributed by atoms with Gasteiger partial charge < -0.3 is 0 Å². The molecule has 0 radical (unpaired) electrons. The molecule has 1 aromatic heterocycles. The number of nitrogens with one attached hydrogen (secondary N) is 1. The molecule has 1 aliphatic carbocycles. The molecule has 1 amide bonds. The van der Waals surface area contributed by atoms with E-state index in [1.54, 1.807) is 0 Å². The molecule has 1 saturated carbocycles. The smallest absolute Gasteiger partial charge is 0.274 e. The number of aromatic nitrogens is 2. The Balaban J connectivity index is 1.74. The molecule has 23 heavy (non-hydrogen) atoms. The van der Waals surface area contributed by atoms with Gasteiger partial charge in [-0.25, -0.2) is 18.5 Å². The lowest BCUT2D eigenvalue weighted by Gasteiger charge is -2.06. The summed E-state index contributed by atoms with van der Waals surface area (Å²) in [4.78, 5) is 19.2. The summed E-state index contributed by atoms with van der Waals surface area (Å²) in [6, 6.07) is 3.42. The predicted molar refractivity (Wildman–Crippen MR) is 74.6 cm³/mol. The first kappa shape index (κ1) is 15.5. The van der Waals surface area contributed by atoms with Gasteiger partial charge in [0, 0.05) is 29.8 Å². The summed E-state index contributed by atoms with van der Waals surface area (Å²) >= 11 is 0. The van der Waals surface area contributed by atoms with E-state index in [1.807, 2.05) is 4.72 Å². The first-order valence-corrected chi connectivity index (χ1v) is 8.15. The molecule has 0 saturated heterocycles. The van der Waals surface area contributed by atoms with Crippen molar-refractivity contribution in [3.8, 4) is 0 Å². The van der Waals surface area contributed by atoms with Crippen molar-refractivity contribution < 1.29 is 22.0 Å². The molecule has 1 aromatic carbocycles. The van der Waals surface area contributed by atoms with Crippen LogP contribution in [0.2, 0.25) is 0 Å². The van der Waals surface area contributed by atoms with Crippen molar-refractivity contribution in [3.63, 3.8) is 0 Å². The number of amides is 1. The van der Waals surface area contributed by atoms with Gasteiger partial charge in [0.25, 0.3) is 10.0 Å². The van der Waals surface area contributed by atoms with Crippen LogP contribution in [0.4, 0.5) is 8.78 Å². The summed E-state index contributed by atoms with van der Waals surface area (Å²) in [5.74, 6) is -3.78.